The average Bonchev–Trinajstić information content (AvgIpc) is 2.36. The van der Waals surface area contributed by atoms with Gasteiger partial charge in [0, 0.05) is 23.3 Å². The van der Waals surface area contributed by atoms with Crippen molar-refractivity contribution in [3.63, 3.8) is 0 Å². The molecule has 1 heterocycles. The third-order valence-corrected chi connectivity index (χ3v) is 2.92. The molecule has 0 amide bonds. The monoisotopic (exact) mass is 228 g/mol. The largest absolute Gasteiger partial charge is 0.324 e. The van der Waals surface area contributed by atoms with Gasteiger partial charge in [0.2, 0.25) is 0 Å². The number of aromatic nitrogens is 1. The van der Waals surface area contributed by atoms with Crippen LogP contribution >= 0.6 is 0 Å². The number of carbonyl (C=O) groups excluding carboxylic acids is 1. The molecule has 17 heavy (non-hydrogen) atoms. The molecule has 3 heteroatoms. The number of ketones is 1. The Labute approximate surface area is 101 Å². The number of benzene rings is 1. The van der Waals surface area contributed by atoms with Gasteiger partial charge in [0.1, 0.15) is 0 Å². The lowest BCUT2D eigenvalue weighted by molar-refractivity contribution is 0.100. The maximum Gasteiger partial charge on any atom is 0.176 e. The minimum absolute atomic E-state index is 0.0400. The average molecular weight is 228 g/mol. The van der Waals surface area contributed by atoms with Gasteiger partial charge in [-0.25, -0.2) is 0 Å². The molecule has 0 fully saturated rings. The Morgan fingerprint density at radius 2 is 2.12 bits per heavy atom. The predicted molar refractivity (Wildman–Crippen MR) is 69.2 cm³/mol. The fraction of sp³-hybridized carbons (Fsp3) is 0.286. The second-order valence-electron chi connectivity index (χ2n) is 4.45. The first kappa shape index (κ1) is 11.7. The van der Waals surface area contributed by atoms with Crippen LogP contribution in [-0.2, 0) is 0 Å². The zero-order valence-corrected chi connectivity index (χ0v) is 10.1. The van der Waals surface area contributed by atoms with Crippen LogP contribution < -0.4 is 5.73 Å². The topological polar surface area (TPSA) is 56.0 Å². The molecule has 0 spiro atoms. The van der Waals surface area contributed by atoms with E-state index in [-0.39, 0.29) is 12.3 Å². The van der Waals surface area contributed by atoms with Crippen molar-refractivity contribution >= 4 is 16.6 Å². The fourth-order valence-electron chi connectivity index (χ4n) is 1.95. The number of pyridine rings is 1. The van der Waals surface area contributed by atoms with Crippen LogP contribution in [0.2, 0.25) is 0 Å². The van der Waals surface area contributed by atoms with Crippen molar-refractivity contribution in [2.24, 2.45) is 5.73 Å². The molecule has 1 aromatic carbocycles. The Balaban J connectivity index is 2.60. The quantitative estimate of drug-likeness (QED) is 0.821. The third-order valence-electron chi connectivity index (χ3n) is 2.92. The third kappa shape index (κ3) is 2.19. The van der Waals surface area contributed by atoms with E-state index in [0.717, 1.165) is 10.8 Å². The van der Waals surface area contributed by atoms with Crippen LogP contribution in [0.25, 0.3) is 10.8 Å². The smallest absolute Gasteiger partial charge is 0.176 e. The van der Waals surface area contributed by atoms with Crippen LogP contribution in [0.5, 0.6) is 0 Å². The first-order chi connectivity index (χ1) is 8.13. The number of carbonyl (C=O) groups is 1. The molecule has 0 saturated carbocycles. The van der Waals surface area contributed by atoms with Crippen LogP contribution in [0.1, 0.15) is 35.7 Å². The van der Waals surface area contributed by atoms with Gasteiger partial charge in [0.25, 0.3) is 0 Å². The Morgan fingerprint density at radius 1 is 1.35 bits per heavy atom. The Bertz CT molecular complexity index is 561. The number of hydrogen-bond donors (Lipinski definition) is 1. The van der Waals surface area contributed by atoms with Gasteiger partial charge in [0.15, 0.2) is 5.78 Å². The molecular weight excluding hydrogens is 212 g/mol. The highest BCUT2D eigenvalue weighted by molar-refractivity contribution is 6.01. The molecule has 2 rings (SSSR count). The molecule has 0 saturated heterocycles. The van der Waals surface area contributed by atoms with Crippen LogP contribution in [0, 0.1) is 0 Å². The normalized spacial score (nSPS) is 11.1. The van der Waals surface area contributed by atoms with Crippen molar-refractivity contribution in [1.82, 2.24) is 4.98 Å². The number of Topliss-reactive ketones (excluding diaryl/α,β-unsaturated/α-hetero) is 1. The molecule has 0 bridgehead atoms. The van der Waals surface area contributed by atoms with E-state index in [1.807, 2.05) is 24.4 Å². The summed E-state index contributed by atoms with van der Waals surface area (Å²) in [5, 5.41) is 2.15. The van der Waals surface area contributed by atoms with Crippen molar-refractivity contribution in [1.29, 1.82) is 0 Å². The molecule has 1 aromatic heterocycles. The minimum atomic E-state index is -0.0400. The molecule has 2 N–H and O–H groups in total. The van der Waals surface area contributed by atoms with Gasteiger partial charge >= 0.3 is 0 Å². The van der Waals surface area contributed by atoms with Gasteiger partial charge in [-0.2, -0.15) is 0 Å². The molecular formula is C14H16N2O. The lowest BCUT2D eigenvalue weighted by Gasteiger charge is -2.09. The maximum absolute atomic E-state index is 11.5. The second-order valence-corrected chi connectivity index (χ2v) is 4.45. The molecule has 0 atom stereocenters. The highest BCUT2D eigenvalue weighted by Crippen LogP contribution is 2.25. The number of hydrogen-bond acceptors (Lipinski definition) is 3. The Morgan fingerprint density at radius 3 is 2.76 bits per heavy atom. The zero-order chi connectivity index (χ0) is 12.4. The van der Waals surface area contributed by atoms with Crippen molar-refractivity contribution in [3.05, 3.63) is 41.7 Å². The number of nitrogens with zero attached hydrogens (tertiary/aromatic N) is 1. The lowest BCUT2D eigenvalue weighted by Crippen LogP contribution is -2.13. The summed E-state index contributed by atoms with van der Waals surface area (Å²) in [5.74, 6) is 0.379. The predicted octanol–water partition coefficient (Wildman–Crippen LogP) is 2.50. The van der Waals surface area contributed by atoms with Gasteiger partial charge in [-0.3, -0.25) is 9.78 Å². The molecule has 0 unspecified atom stereocenters. The number of nitrogens with two attached hydrogens (primary N) is 1. The van der Waals surface area contributed by atoms with E-state index in [1.165, 1.54) is 5.56 Å². The van der Waals surface area contributed by atoms with Gasteiger partial charge in [-0.1, -0.05) is 26.0 Å². The standard InChI is InChI=1S/C14H16N2O/c1-9(2)13-8-16-7-11-5-10(14(17)6-15)3-4-12(11)13/h3-5,7-9H,6,15H2,1-2H3. The summed E-state index contributed by atoms with van der Waals surface area (Å²) in [7, 11) is 0. The van der Waals surface area contributed by atoms with Crippen LogP contribution in [0.3, 0.4) is 0 Å². The van der Waals surface area contributed by atoms with Gasteiger partial charge in [-0.15, -0.1) is 0 Å². The van der Waals surface area contributed by atoms with Crippen molar-refractivity contribution < 1.29 is 4.79 Å². The molecule has 0 radical (unpaired) electrons. The first-order valence-corrected chi connectivity index (χ1v) is 5.74. The zero-order valence-electron chi connectivity index (χ0n) is 10.1. The lowest BCUT2D eigenvalue weighted by atomic mass is 9.97. The van der Waals surface area contributed by atoms with Crippen molar-refractivity contribution in [2.45, 2.75) is 19.8 Å². The molecule has 88 valence electrons. The van der Waals surface area contributed by atoms with Gasteiger partial charge in [0.05, 0.1) is 6.54 Å². The molecule has 0 aliphatic rings. The van der Waals surface area contributed by atoms with Crippen molar-refractivity contribution in [2.75, 3.05) is 6.54 Å². The maximum atomic E-state index is 11.5. The Kier molecular flexibility index (Phi) is 3.20. The SMILES string of the molecule is CC(C)c1cncc2cc(C(=O)CN)ccc12. The summed E-state index contributed by atoms with van der Waals surface area (Å²) < 4.78 is 0. The second kappa shape index (κ2) is 4.63. The van der Waals surface area contributed by atoms with E-state index >= 15 is 0 Å². The summed E-state index contributed by atoms with van der Waals surface area (Å²) in [6.45, 7) is 4.31. The van der Waals surface area contributed by atoms with E-state index in [2.05, 4.69) is 18.8 Å². The number of rotatable bonds is 3. The summed E-state index contributed by atoms with van der Waals surface area (Å²) >= 11 is 0. The van der Waals surface area contributed by atoms with Crippen LogP contribution in [0.4, 0.5) is 0 Å². The van der Waals surface area contributed by atoms with E-state index in [1.54, 1.807) is 6.20 Å². The fourth-order valence-corrected chi connectivity index (χ4v) is 1.95. The van der Waals surface area contributed by atoms with E-state index < -0.39 is 0 Å². The highest BCUT2D eigenvalue weighted by atomic mass is 16.1. The van der Waals surface area contributed by atoms with Crippen LogP contribution in [0.15, 0.2) is 30.6 Å². The van der Waals surface area contributed by atoms with Crippen LogP contribution in [-0.4, -0.2) is 17.3 Å². The first-order valence-electron chi connectivity index (χ1n) is 5.74. The molecule has 0 aliphatic carbocycles. The van der Waals surface area contributed by atoms with E-state index in [4.69, 9.17) is 5.73 Å². The minimum Gasteiger partial charge on any atom is -0.324 e. The summed E-state index contributed by atoms with van der Waals surface area (Å²) in [6.07, 6.45) is 3.67. The van der Waals surface area contributed by atoms with E-state index in [9.17, 15) is 4.79 Å². The van der Waals surface area contributed by atoms with Gasteiger partial charge in [-0.05, 0) is 22.9 Å². The molecule has 0 aliphatic heterocycles. The molecule has 2 aromatic rings. The summed E-state index contributed by atoms with van der Waals surface area (Å²) in [6, 6.07) is 5.68. The summed E-state index contributed by atoms with van der Waals surface area (Å²) in [5.41, 5.74) is 7.22. The van der Waals surface area contributed by atoms with E-state index in [0.29, 0.717) is 11.5 Å². The number of fused-ring (bicyclic) bond motifs is 1. The Hall–Kier alpha value is -1.74. The molecule has 3 nitrogen and oxygen atoms in total. The summed E-state index contributed by atoms with van der Waals surface area (Å²) in [4.78, 5) is 15.7. The van der Waals surface area contributed by atoms with Crippen molar-refractivity contribution in [3.8, 4) is 0 Å². The highest BCUT2D eigenvalue weighted by Gasteiger charge is 2.08. The van der Waals surface area contributed by atoms with Gasteiger partial charge < -0.3 is 5.73 Å².